The summed E-state index contributed by atoms with van der Waals surface area (Å²) >= 11 is 0. The van der Waals surface area contributed by atoms with Crippen LogP contribution in [0.1, 0.15) is 12.5 Å². The molecule has 0 N–H and O–H groups in total. The number of aryl methyl sites for hydroxylation is 1. The minimum absolute atomic E-state index is 0.172. The van der Waals surface area contributed by atoms with Crippen molar-refractivity contribution in [2.24, 2.45) is 4.99 Å². The first kappa shape index (κ1) is 17.6. The molecule has 0 amide bonds. The highest BCUT2D eigenvalue weighted by Crippen LogP contribution is 2.27. The molecule has 3 nitrogen and oxygen atoms in total. The Bertz CT molecular complexity index is 750. The van der Waals surface area contributed by atoms with Gasteiger partial charge >= 0.3 is 6.36 Å². The van der Waals surface area contributed by atoms with Crippen molar-refractivity contribution in [2.45, 2.75) is 20.2 Å². The minimum atomic E-state index is -4.76. The lowest BCUT2D eigenvalue weighted by Gasteiger charge is -2.12. The lowest BCUT2D eigenvalue weighted by molar-refractivity contribution is -0.274. The molecule has 2 aromatic rings. The standard InChI is InChI=1S/C18H16F3NO2/c1-12(2)17(22-14-9-7-13(3)8-10-14)23-15-5-4-6-16(11-15)24-18(19,20)21/h4-11H,1H2,2-3H3. The van der Waals surface area contributed by atoms with Crippen molar-refractivity contribution in [3.05, 3.63) is 66.2 Å². The molecule has 0 aliphatic rings. The second kappa shape index (κ2) is 7.21. The summed E-state index contributed by atoms with van der Waals surface area (Å²) < 4.78 is 46.3. The van der Waals surface area contributed by atoms with Gasteiger partial charge < -0.3 is 9.47 Å². The Labute approximate surface area is 138 Å². The lowest BCUT2D eigenvalue weighted by atomic mass is 10.2. The van der Waals surface area contributed by atoms with Gasteiger partial charge in [-0.1, -0.05) is 30.3 Å². The van der Waals surface area contributed by atoms with Crippen molar-refractivity contribution in [1.29, 1.82) is 0 Å². The van der Waals surface area contributed by atoms with Crippen LogP contribution in [-0.4, -0.2) is 12.3 Å². The number of aliphatic imine (C=N–C) groups is 1. The molecule has 2 aromatic carbocycles. The van der Waals surface area contributed by atoms with Crippen LogP contribution in [0.2, 0.25) is 0 Å². The highest BCUT2D eigenvalue weighted by atomic mass is 19.4. The topological polar surface area (TPSA) is 30.8 Å². The Kier molecular flexibility index (Phi) is 5.28. The van der Waals surface area contributed by atoms with Crippen molar-refractivity contribution in [1.82, 2.24) is 0 Å². The molecule has 0 bridgehead atoms. The van der Waals surface area contributed by atoms with E-state index < -0.39 is 6.36 Å². The Balaban J connectivity index is 2.23. The van der Waals surface area contributed by atoms with Gasteiger partial charge in [0.05, 0.1) is 5.69 Å². The summed E-state index contributed by atoms with van der Waals surface area (Å²) in [5, 5.41) is 0. The molecule has 126 valence electrons. The quantitative estimate of drug-likeness (QED) is 0.539. The van der Waals surface area contributed by atoms with E-state index in [9.17, 15) is 13.2 Å². The second-order valence-electron chi connectivity index (χ2n) is 5.16. The first-order valence-electron chi connectivity index (χ1n) is 7.08. The van der Waals surface area contributed by atoms with Gasteiger partial charge in [0.15, 0.2) is 0 Å². The van der Waals surface area contributed by atoms with Crippen molar-refractivity contribution in [3.8, 4) is 11.5 Å². The van der Waals surface area contributed by atoms with E-state index in [0.29, 0.717) is 11.3 Å². The van der Waals surface area contributed by atoms with Gasteiger partial charge in [-0.2, -0.15) is 0 Å². The number of alkyl halides is 3. The minimum Gasteiger partial charge on any atom is -0.439 e. The van der Waals surface area contributed by atoms with Crippen molar-refractivity contribution < 1.29 is 22.6 Å². The molecule has 0 radical (unpaired) electrons. The van der Waals surface area contributed by atoms with Crippen LogP contribution < -0.4 is 9.47 Å². The summed E-state index contributed by atoms with van der Waals surface area (Å²) in [6.07, 6.45) is -4.76. The maximum atomic E-state index is 12.3. The number of nitrogens with zero attached hydrogens (tertiary/aromatic N) is 1. The lowest BCUT2D eigenvalue weighted by Crippen LogP contribution is -2.17. The molecule has 0 unspecified atom stereocenters. The van der Waals surface area contributed by atoms with Crippen molar-refractivity contribution in [3.63, 3.8) is 0 Å². The van der Waals surface area contributed by atoms with E-state index in [1.54, 1.807) is 6.92 Å². The van der Waals surface area contributed by atoms with Gasteiger partial charge in [0, 0.05) is 11.6 Å². The number of benzene rings is 2. The van der Waals surface area contributed by atoms with Crippen LogP contribution in [0.25, 0.3) is 0 Å². The van der Waals surface area contributed by atoms with Crippen LogP contribution in [0, 0.1) is 6.92 Å². The summed E-state index contributed by atoms with van der Waals surface area (Å²) in [5.74, 6) is 0.0185. The van der Waals surface area contributed by atoms with Gasteiger partial charge in [-0.3, -0.25) is 0 Å². The first-order valence-corrected chi connectivity index (χ1v) is 7.08. The van der Waals surface area contributed by atoms with E-state index in [1.165, 1.54) is 18.2 Å². The zero-order valence-corrected chi connectivity index (χ0v) is 13.2. The SMILES string of the molecule is C=C(C)C(=Nc1ccc(C)cc1)Oc1cccc(OC(F)(F)F)c1. The zero-order chi connectivity index (χ0) is 17.7. The molecule has 2 rings (SSSR count). The molecule has 0 aliphatic heterocycles. The van der Waals surface area contributed by atoms with E-state index in [4.69, 9.17) is 4.74 Å². The summed E-state index contributed by atoms with van der Waals surface area (Å²) in [7, 11) is 0. The number of hydrogen-bond acceptors (Lipinski definition) is 3. The first-order chi connectivity index (χ1) is 11.2. The van der Waals surface area contributed by atoms with E-state index in [2.05, 4.69) is 16.3 Å². The molecule has 0 saturated carbocycles. The largest absolute Gasteiger partial charge is 0.573 e. The van der Waals surface area contributed by atoms with Gasteiger partial charge in [0.2, 0.25) is 5.90 Å². The molecular weight excluding hydrogens is 319 g/mol. The predicted molar refractivity (Wildman–Crippen MR) is 86.8 cm³/mol. The van der Waals surface area contributed by atoms with E-state index in [1.807, 2.05) is 31.2 Å². The Morgan fingerprint density at radius 1 is 1.04 bits per heavy atom. The summed E-state index contributed by atoms with van der Waals surface area (Å²) in [6.45, 7) is 7.43. The van der Waals surface area contributed by atoms with E-state index in [-0.39, 0.29) is 17.4 Å². The van der Waals surface area contributed by atoms with Crippen LogP contribution in [0.15, 0.2) is 65.7 Å². The average Bonchev–Trinajstić information content (AvgIpc) is 2.47. The van der Waals surface area contributed by atoms with Gasteiger partial charge in [-0.05, 0) is 38.1 Å². The number of hydrogen-bond donors (Lipinski definition) is 0. The number of rotatable bonds is 4. The van der Waals surface area contributed by atoms with Gasteiger partial charge in [-0.25, -0.2) is 4.99 Å². The van der Waals surface area contributed by atoms with E-state index in [0.717, 1.165) is 11.6 Å². The molecule has 0 heterocycles. The van der Waals surface area contributed by atoms with Crippen LogP contribution >= 0.6 is 0 Å². The molecule has 6 heteroatoms. The smallest absolute Gasteiger partial charge is 0.439 e. The third-order valence-electron chi connectivity index (χ3n) is 2.88. The Morgan fingerprint density at radius 3 is 2.25 bits per heavy atom. The predicted octanol–water partition coefficient (Wildman–Crippen LogP) is 5.58. The van der Waals surface area contributed by atoms with Gasteiger partial charge in [-0.15, -0.1) is 13.2 Å². The third kappa shape index (κ3) is 5.46. The summed E-state index contributed by atoms with van der Waals surface area (Å²) in [6, 6.07) is 12.7. The van der Waals surface area contributed by atoms with Crippen LogP contribution in [0.5, 0.6) is 11.5 Å². The molecule has 0 saturated heterocycles. The van der Waals surface area contributed by atoms with Crippen LogP contribution in [0.4, 0.5) is 18.9 Å². The fourth-order valence-corrected chi connectivity index (χ4v) is 1.79. The average molecular weight is 335 g/mol. The van der Waals surface area contributed by atoms with Gasteiger partial charge in [0.25, 0.3) is 0 Å². The number of ether oxygens (including phenoxy) is 2. The maximum absolute atomic E-state index is 12.3. The van der Waals surface area contributed by atoms with Crippen LogP contribution in [0.3, 0.4) is 0 Å². The molecule has 0 aliphatic carbocycles. The molecule has 0 spiro atoms. The molecule has 0 fully saturated rings. The van der Waals surface area contributed by atoms with Crippen molar-refractivity contribution >= 4 is 11.6 Å². The Hall–Kier alpha value is -2.76. The van der Waals surface area contributed by atoms with Crippen LogP contribution in [-0.2, 0) is 0 Å². The molecule has 24 heavy (non-hydrogen) atoms. The molecule has 0 atom stereocenters. The summed E-state index contributed by atoms with van der Waals surface area (Å²) in [5.41, 5.74) is 2.28. The Morgan fingerprint density at radius 2 is 1.67 bits per heavy atom. The zero-order valence-electron chi connectivity index (χ0n) is 13.2. The molecule has 0 aromatic heterocycles. The van der Waals surface area contributed by atoms with Crippen molar-refractivity contribution in [2.75, 3.05) is 0 Å². The monoisotopic (exact) mass is 335 g/mol. The van der Waals surface area contributed by atoms with E-state index >= 15 is 0 Å². The molecular formula is C18H16F3NO2. The fourth-order valence-electron chi connectivity index (χ4n) is 1.79. The fraction of sp³-hybridized carbons (Fsp3) is 0.167. The normalized spacial score (nSPS) is 12.0. The van der Waals surface area contributed by atoms with Gasteiger partial charge in [0.1, 0.15) is 11.5 Å². The maximum Gasteiger partial charge on any atom is 0.573 e. The highest BCUT2D eigenvalue weighted by molar-refractivity contribution is 5.95. The second-order valence-corrected chi connectivity index (χ2v) is 5.16. The number of halogens is 3. The highest BCUT2D eigenvalue weighted by Gasteiger charge is 2.31. The summed E-state index contributed by atoms with van der Waals surface area (Å²) in [4.78, 5) is 4.33. The third-order valence-corrected chi connectivity index (χ3v) is 2.88.